The molecule has 2 unspecified atom stereocenters. The molecule has 0 aromatic carbocycles. The number of aromatic nitrogens is 3. The maximum absolute atomic E-state index is 12.9. The Bertz CT molecular complexity index is 814. The molecular formula is C20H27N5O2. The second-order valence-electron chi connectivity index (χ2n) is 7.76. The molecule has 2 fully saturated rings. The molecule has 0 aliphatic carbocycles. The van der Waals surface area contributed by atoms with E-state index in [-0.39, 0.29) is 11.9 Å². The van der Waals surface area contributed by atoms with Gasteiger partial charge >= 0.3 is 0 Å². The molecule has 0 spiro atoms. The first kappa shape index (κ1) is 17.9. The molecule has 7 heteroatoms. The molecule has 2 saturated heterocycles. The number of likely N-dealkylation sites (tertiary alicyclic amines) is 1. The van der Waals surface area contributed by atoms with Crippen molar-refractivity contribution >= 4 is 11.7 Å². The summed E-state index contributed by atoms with van der Waals surface area (Å²) in [6.07, 6.45) is 5.05. The van der Waals surface area contributed by atoms with Gasteiger partial charge in [0.05, 0.1) is 11.7 Å². The summed E-state index contributed by atoms with van der Waals surface area (Å²) in [6, 6.07) is 2.31. The van der Waals surface area contributed by atoms with E-state index in [1.165, 1.54) is 0 Å². The van der Waals surface area contributed by atoms with Gasteiger partial charge in [-0.2, -0.15) is 0 Å². The average Bonchev–Trinajstić information content (AvgIpc) is 3.22. The third-order valence-electron chi connectivity index (χ3n) is 6.07. The van der Waals surface area contributed by atoms with E-state index in [4.69, 9.17) is 4.52 Å². The molecule has 1 amide bonds. The van der Waals surface area contributed by atoms with E-state index in [2.05, 4.69) is 24.9 Å². The Balaban J connectivity index is 1.42. The van der Waals surface area contributed by atoms with Crippen molar-refractivity contribution in [1.82, 2.24) is 20.0 Å². The molecule has 0 N–H and O–H groups in total. The van der Waals surface area contributed by atoms with Crippen molar-refractivity contribution in [3.05, 3.63) is 35.1 Å². The first-order valence-electron chi connectivity index (χ1n) is 9.77. The van der Waals surface area contributed by atoms with Gasteiger partial charge in [-0.3, -0.25) is 4.79 Å². The van der Waals surface area contributed by atoms with Gasteiger partial charge in [0.15, 0.2) is 0 Å². The van der Waals surface area contributed by atoms with Crippen molar-refractivity contribution in [3.63, 3.8) is 0 Å². The standard InChI is InChI=1S/C20H27N5O2/c1-13-10-19(22-12-21-13)24-8-6-16-7-9-25(18(16)11-24)20(26)5-4-17-14(2)23-27-15(17)3/h10,12,16,18H,4-9,11H2,1-3H3. The minimum absolute atomic E-state index is 0.239. The second kappa shape index (κ2) is 7.29. The zero-order valence-corrected chi connectivity index (χ0v) is 16.3. The summed E-state index contributed by atoms with van der Waals surface area (Å²) >= 11 is 0. The van der Waals surface area contributed by atoms with E-state index in [1.807, 2.05) is 26.8 Å². The van der Waals surface area contributed by atoms with E-state index < -0.39 is 0 Å². The van der Waals surface area contributed by atoms with E-state index in [0.29, 0.717) is 18.8 Å². The van der Waals surface area contributed by atoms with Crippen LogP contribution in [0.25, 0.3) is 0 Å². The lowest BCUT2D eigenvalue weighted by Crippen LogP contribution is -2.50. The van der Waals surface area contributed by atoms with E-state index in [1.54, 1.807) is 6.33 Å². The van der Waals surface area contributed by atoms with E-state index in [0.717, 1.165) is 61.0 Å². The molecule has 4 heterocycles. The number of amides is 1. The Labute approximate surface area is 159 Å². The van der Waals surface area contributed by atoms with E-state index in [9.17, 15) is 4.79 Å². The number of piperidine rings is 1. The zero-order valence-electron chi connectivity index (χ0n) is 16.3. The van der Waals surface area contributed by atoms with Crippen LogP contribution in [0, 0.1) is 26.7 Å². The minimum atomic E-state index is 0.239. The normalized spacial score (nSPS) is 22.2. The molecule has 0 bridgehead atoms. The number of anilines is 1. The molecule has 2 aliphatic rings. The molecule has 4 rings (SSSR count). The highest BCUT2D eigenvalue weighted by Crippen LogP contribution is 2.33. The van der Waals surface area contributed by atoms with Gasteiger partial charge in [0.25, 0.3) is 0 Å². The number of carbonyl (C=O) groups is 1. The fraction of sp³-hybridized carbons (Fsp3) is 0.600. The Morgan fingerprint density at radius 1 is 1.22 bits per heavy atom. The molecule has 2 aromatic rings. The number of hydrogen-bond donors (Lipinski definition) is 0. The largest absolute Gasteiger partial charge is 0.361 e. The third-order valence-corrected chi connectivity index (χ3v) is 6.07. The van der Waals surface area contributed by atoms with Gasteiger partial charge in [-0.1, -0.05) is 5.16 Å². The van der Waals surface area contributed by atoms with Crippen LogP contribution in [0.3, 0.4) is 0 Å². The molecule has 2 aromatic heterocycles. The highest BCUT2D eigenvalue weighted by molar-refractivity contribution is 5.77. The van der Waals surface area contributed by atoms with Gasteiger partial charge < -0.3 is 14.3 Å². The van der Waals surface area contributed by atoms with Crippen LogP contribution in [-0.2, 0) is 11.2 Å². The number of rotatable bonds is 4. The number of carbonyl (C=O) groups excluding carboxylic acids is 1. The number of fused-ring (bicyclic) bond motifs is 1. The minimum Gasteiger partial charge on any atom is -0.361 e. The molecule has 0 radical (unpaired) electrons. The molecule has 0 saturated carbocycles. The van der Waals surface area contributed by atoms with Crippen LogP contribution in [0.15, 0.2) is 16.9 Å². The number of aryl methyl sites for hydroxylation is 3. The monoisotopic (exact) mass is 369 g/mol. The van der Waals surface area contributed by atoms with Crippen LogP contribution in [0.2, 0.25) is 0 Å². The summed E-state index contributed by atoms with van der Waals surface area (Å²) in [5.41, 5.74) is 2.93. The number of hydrogen-bond acceptors (Lipinski definition) is 6. The predicted octanol–water partition coefficient (Wildman–Crippen LogP) is 2.45. The van der Waals surface area contributed by atoms with Crippen molar-refractivity contribution in [1.29, 1.82) is 0 Å². The fourth-order valence-corrected chi connectivity index (χ4v) is 4.51. The Morgan fingerprint density at radius 3 is 2.78 bits per heavy atom. The van der Waals surface area contributed by atoms with Crippen LogP contribution >= 0.6 is 0 Å². The quantitative estimate of drug-likeness (QED) is 0.824. The predicted molar refractivity (Wildman–Crippen MR) is 102 cm³/mol. The van der Waals surface area contributed by atoms with Crippen molar-refractivity contribution in [2.24, 2.45) is 5.92 Å². The lowest BCUT2D eigenvalue weighted by molar-refractivity contribution is -0.132. The van der Waals surface area contributed by atoms with Crippen molar-refractivity contribution in [2.45, 2.75) is 52.5 Å². The highest BCUT2D eigenvalue weighted by atomic mass is 16.5. The molecule has 144 valence electrons. The van der Waals surface area contributed by atoms with Crippen molar-refractivity contribution in [3.8, 4) is 0 Å². The summed E-state index contributed by atoms with van der Waals surface area (Å²) in [7, 11) is 0. The zero-order chi connectivity index (χ0) is 19.0. The van der Waals surface area contributed by atoms with Gasteiger partial charge in [-0.15, -0.1) is 0 Å². The van der Waals surface area contributed by atoms with Gasteiger partial charge in [0, 0.05) is 43.4 Å². The Hall–Kier alpha value is -2.44. The summed E-state index contributed by atoms with van der Waals surface area (Å²) in [4.78, 5) is 26.0. The SMILES string of the molecule is Cc1cc(N2CCC3CCN(C(=O)CCc4c(C)noc4C)C3C2)ncn1. The molecule has 27 heavy (non-hydrogen) atoms. The van der Waals surface area contributed by atoms with Crippen LogP contribution in [0.5, 0.6) is 0 Å². The van der Waals surface area contributed by atoms with Crippen LogP contribution in [0.4, 0.5) is 5.82 Å². The lowest BCUT2D eigenvalue weighted by atomic mass is 9.92. The third kappa shape index (κ3) is 3.55. The van der Waals surface area contributed by atoms with Gasteiger partial charge in [0.1, 0.15) is 17.9 Å². The summed E-state index contributed by atoms with van der Waals surface area (Å²) in [6.45, 7) is 8.56. The topological polar surface area (TPSA) is 75.4 Å². The first-order chi connectivity index (χ1) is 13.0. The highest BCUT2D eigenvalue weighted by Gasteiger charge is 2.40. The fourth-order valence-electron chi connectivity index (χ4n) is 4.51. The van der Waals surface area contributed by atoms with Crippen molar-refractivity contribution in [2.75, 3.05) is 24.5 Å². The van der Waals surface area contributed by atoms with Crippen LogP contribution in [0.1, 0.15) is 42.0 Å². The second-order valence-corrected chi connectivity index (χ2v) is 7.76. The summed E-state index contributed by atoms with van der Waals surface area (Å²) in [5.74, 6) is 2.63. The maximum Gasteiger partial charge on any atom is 0.223 e. The average molecular weight is 369 g/mol. The molecule has 2 atom stereocenters. The first-order valence-corrected chi connectivity index (χ1v) is 9.77. The van der Waals surface area contributed by atoms with Crippen molar-refractivity contribution < 1.29 is 9.32 Å². The number of nitrogens with zero attached hydrogens (tertiary/aromatic N) is 5. The van der Waals surface area contributed by atoms with E-state index >= 15 is 0 Å². The Kier molecular flexibility index (Phi) is 4.85. The van der Waals surface area contributed by atoms with Gasteiger partial charge in [0.2, 0.25) is 5.91 Å². The van der Waals surface area contributed by atoms with Crippen LogP contribution in [-0.4, -0.2) is 51.6 Å². The van der Waals surface area contributed by atoms with Crippen LogP contribution < -0.4 is 4.90 Å². The maximum atomic E-state index is 12.9. The summed E-state index contributed by atoms with van der Waals surface area (Å²) in [5, 5.41) is 3.99. The van der Waals surface area contributed by atoms with Gasteiger partial charge in [-0.05, 0) is 46.0 Å². The smallest absolute Gasteiger partial charge is 0.223 e. The molecule has 7 nitrogen and oxygen atoms in total. The molecular weight excluding hydrogens is 342 g/mol. The Morgan fingerprint density at radius 2 is 2.04 bits per heavy atom. The summed E-state index contributed by atoms with van der Waals surface area (Å²) < 4.78 is 5.22. The van der Waals surface area contributed by atoms with Gasteiger partial charge in [-0.25, -0.2) is 9.97 Å². The lowest BCUT2D eigenvalue weighted by Gasteiger charge is -2.39. The molecule has 2 aliphatic heterocycles.